The van der Waals surface area contributed by atoms with Crippen LogP contribution in [0.4, 0.5) is 0 Å². The van der Waals surface area contributed by atoms with Gasteiger partial charge in [0.05, 0.1) is 5.56 Å². The Balaban J connectivity index is 2.23. The standard InChI is InChI=1S/C31H46O4S/c1-28(2,3)21-15-19(16-22(25(21)32)29(4,5)6)27(34)35-13-14-36-20-17-23(30(7,8)9)26(33)24(18-20)31(10,11)12/h15-18,32-33H,13-14H2,1-12H3. The van der Waals surface area contributed by atoms with Crippen LogP contribution < -0.4 is 0 Å². The second-order valence-corrected chi connectivity index (χ2v) is 14.9. The number of rotatable bonds is 5. The summed E-state index contributed by atoms with van der Waals surface area (Å²) in [5, 5.41) is 21.8. The number of esters is 1. The Hall–Kier alpha value is -2.14. The van der Waals surface area contributed by atoms with Crippen molar-refractivity contribution >= 4 is 17.7 Å². The molecule has 0 bridgehead atoms. The van der Waals surface area contributed by atoms with Crippen LogP contribution in [0.25, 0.3) is 0 Å². The number of carbonyl (C=O) groups is 1. The topological polar surface area (TPSA) is 66.8 Å². The lowest BCUT2D eigenvalue weighted by Crippen LogP contribution is -2.19. The summed E-state index contributed by atoms with van der Waals surface area (Å²) < 4.78 is 5.65. The fourth-order valence-corrected chi connectivity index (χ4v) is 4.91. The zero-order valence-corrected chi connectivity index (χ0v) is 25.2. The van der Waals surface area contributed by atoms with Crippen molar-refractivity contribution in [1.82, 2.24) is 0 Å². The first-order valence-electron chi connectivity index (χ1n) is 12.7. The van der Waals surface area contributed by atoms with Gasteiger partial charge in [-0.1, -0.05) is 83.1 Å². The maximum Gasteiger partial charge on any atom is 0.338 e. The Morgan fingerprint density at radius 3 is 1.33 bits per heavy atom. The highest BCUT2D eigenvalue weighted by atomic mass is 32.2. The summed E-state index contributed by atoms with van der Waals surface area (Å²) in [6.45, 7) is 25.0. The fraction of sp³-hybridized carbons (Fsp3) is 0.581. The van der Waals surface area contributed by atoms with E-state index in [1.54, 1.807) is 23.9 Å². The molecule has 0 radical (unpaired) electrons. The molecule has 2 aromatic rings. The van der Waals surface area contributed by atoms with Gasteiger partial charge in [-0.2, -0.15) is 0 Å². The number of benzene rings is 2. The predicted octanol–water partition coefficient (Wildman–Crippen LogP) is 8.24. The quantitative estimate of drug-likeness (QED) is 0.239. The van der Waals surface area contributed by atoms with E-state index >= 15 is 0 Å². The van der Waals surface area contributed by atoms with E-state index in [9.17, 15) is 15.0 Å². The van der Waals surface area contributed by atoms with Crippen molar-refractivity contribution in [1.29, 1.82) is 0 Å². The molecule has 0 aliphatic heterocycles. The Morgan fingerprint density at radius 1 is 0.667 bits per heavy atom. The van der Waals surface area contributed by atoms with Crippen LogP contribution in [0.15, 0.2) is 29.2 Å². The molecule has 0 aliphatic rings. The molecule has 36 heavy (non-hydrogen) atoms. The number of hydrogen-bond donors (Lipinski definition) is 2. The molecule has 0 heterocycles. The maximum atomic E-state index is 13.0. The largest absolute Gasteiger partial charge is 0.507 e. The lowest BCUT2D eigenvalue weighted by atomic mass is 9.78. The predicted molar refractivity (Wildman–Crippen MR) is 152 cm³/mol. The van der Waals surface area contributed by atoms with E-state index in [0.29, 0.717) is 17.1 Å². The van der Waals surface area contributed by atoms with Crippen LogP contribution in [0.3, 0.4) is 0 Å². The minimum absolute atomic E-state index is 0.193. The normalized spacial score (nSPS) is 13.1. The first kappa shape index (κ1) is 30.1. The molecule has 0 aliphatic carbocycles. The number of hydrogen-bond acceptors (Lipinski definition) is 5. The van der Waals surface area contributed by atoms with Crippen LogP contribution in [-0.2, 0) is 26.4 Å². The summed E-state index contributed by atoms with van der Waals surface area (Å²) in [7, 11) is 0. The monoisotopic (exact) mass is 514 g/mol. The molecule has 0 aromatic heterocycles. The summed E-state index contributed by atoms with van der Waals surface area (Å²) in [6, 6.07) is 7.60. The number of ether oxygens (including phenoxy) is 1. The summed E-state index contributed by atoms with van der Waals surface area (Å²) in [6.07, 6.45) is 0. The van der Waals surface area contributed by atoms with Crippen LogP contribution >= 0.6 is 11.8 Å². The number of thioether (sulfide) groups is 1. The highest BCUT2D eigenvalue weighted by Gasteiger charge is 2.29. The Morgan fingerprint density at radius 2 is 1.00 bits per heavy atom. The summed E-state index contributed by atoms with van der Waals surface area (Å²) in [5.74, 6) is 0.823. The minimum Gasteiger partial charge on any atom is -0.507 e. The Kier molecular flexibility index (Phi) is 8.62. The second kappa shape index (κ2) is 10.3. The van der Waals surface area contributed by atoms with Crippen molar-refractivity contribution in [2.45, 2.75) is 110 Å². The first-order valence-corrected chi connectivity index (χ1v) is 13.7. The molecule has 0 amide bonds. The van der Waals surface area contributed by atoms with Gasteiger partial charge in [-0.05, 0) is 45.9 Å². The molecule has 0 saturated carbocycles. The first-order chi connectivity index (χ1) is 16.1. The molecule has 5 heteroatoms. The minimum atomic E-state index is -0.386. The fourth-order valence-electron chi connectivity index (χ4n) is 4.11. The van der Waals surface area contributed by atoms with E-state index in [1.807, 2.05) is 53.7 Å². The molecule has 200 valence electrons. The van der Waals surface area contributed by atoms with E-state index in [-0.39, 0.29) is 40.0 Å². The summed E-state index contributed by atoms with van der Waals surface area (Å²) >= 11 is 1.62. The van der Waals surface area contributed by atoms with Gasteiger partial charge in [-0.15, -0.1) is 11.8 Å². The number of phenolic OH excluding ortho intramolecular Hbond substituents is 2. The van der Waals surface area contributed by atoms with Crippen molar-refractivity contribution in [2.24, 2.45) is 0 Å². The van der Waals surface area contributed by atoms with E-state index in [2.05, 4.69) is 41.5 Å². The third-order valence-electron chi connectivity index (χ3n) is 6.25. The molecular weight excluding hydrogens is 468 g/mol. The number of phenols is 2. The molecule has 0 atom stereocenters. The van der Waals surface area contributed by atoms with Crippen LogP contribution in [-0.4, -0.2) is 28.5 Å². The molecule has 0 fully saturated rings. The molecule has 2 N–H and O–H groups in total. The van der Waals surface area contributed by atoms with Gasteiger partial charge in [0.2, 0.25) is 0 Å². The van der Waals surface area contributed by atoms with Gasteiger partial charge in [0, 0.05) is 32.9 Å². The highest BCUT2D eigenvalue weighted by molar-refractivity contribution is 7.99. The van der Waals surface area contributed by atoms with Gasteiger partial charge in [-0.25, -0.2) is 4.79 Å². The van der Waals surface area contributed by atoms with Gasteiger partial charge in [0.1, 0.15) is 18.1 Å². The molecule has 0 spiro atoms. The average molecular weight is 515 g/mol. The lowest BCUT2D eigenvalue weighted by molar-refractivity contribution is 0.0530. The van der Waals surface area contributed by atoms with E-state index < -0.39 is 0 Å². The van der Waals surface area contributed by atoms with E-state index in [4.69, 9.17) is 4.74 Å². The molecule has 4 nitrogen and oxygen atoms in total. The highest BCUT2D eigenvalue weighted by Crippen LogP contribution is 2.42. The van der Waals surface area contributed by atoms with Crippen molar-refractivity contribution in [3.63, 3.8) is 0 Å². The average Bonchev–Trinajstić information content (AvgIpc) is 2.68. The number of carbonyl (C=O) groups excluding carboxylic acids is 1. The van der Waals surface area contributed by atoms with Crippen molar-refractivity contribution < 1.29 is 19.7 Å². The van der Waals surface area contributed by atoms with Crippen molar-refractivity contribution in [2.75, 3.05) is 12.4 Å². The third-order valence-corrected chi connectivity index (χ3v) is 7.19. The lowest BCUT2D eigenvalue weighted by Gasteiger charge is -2.28. The van der Waals surface area contributed by atoms with Crippen LogP contribution in [0.5, 0.6) is 11.5 Å². The zero-order chi connectivity index (χ0) is 27.9. The van der Waals surface area contributed by atoms with Gasteiger partial charge >= 0.3 is 5.97 Å². The molecule has 0 saturated heterocycles. The molecule has 0 unspecified atom stereocenters. The molecule has 2 rings (SSSR count). The molecular formula is C31H46O4S. The molecule has 2 aromatic carbocycles. The Bertz CT molecular complexity index is 1030. The Labute approximate surface area is 222 Å². The van der Waals surface area contributed by atoms with Crippen LogP contribution in [0, 0.1) is 0 Å². The van der Waals surface area contributed by atoms with Crippen molar-refractivity contribution in [3.8, 4) is 11.5 Å². The second-order valence-electron chi connectivity index (χ2n) is 13.8. The van der Waals surface area contributed by atoms with Crippen LogP contribution in [0.2, 0.25) is 0 Å². The van der Waals surface area contributed by atoms with Gasteiger partial charge in [-0.3, -0.25) is 0 Å². The van der Waals surface area contributed by atoms with E-state index in [1.165, 1.54) is 0 Å². The third kappa shape index (κ3) is 7.21. The SMILES string of the molecule is CC(C)(C)c1cc(SCCOC(=O)c2cc(C(C)(C)C)c(O)c(C(C)(C)C)c2)cc(C(C)(C)C)c1O. The van der Waals surface area contributed by atoms with Gasteiger partial charge < -0.3 is 14.9 Å². The smallest absolute Gasteiger partial charge is 0.338 e. The summed E-state index contributed by atoms with van der Waals surface area (Å²) in [5.41, 5.74) is 2.76. The van der Waals surface area contributed by atoms with Gasteiger partial charge in [0.15, 0.2) is 0 Å². The van der Waals surface area contributed by atoms with Gasteiger partial charge in [0.25, 0.3) is 0 Å². The zero-order valence-electron chi connectivity index (χ0n) is 24.3. The van der Waals surface area contributed by atoms with Crippen LogP contribution in [0.1, 0.15) is 116 Å². The summed E-state index contributed by atoms with van der Waals surface area (Å²) in [4.78, 5) is 14.0. The van der Waals surface area contributed by atoms with Crippen molar-refractivity contribution in [3.05, 3.63) is 52.1 Å². The maximum absolute atomic E-state index is 13.0. The van der Waals surface area contributed by atoms with E-state index in [0.717, 1.165) is 27.1 Å². The number of aromatic hydroxyl groups is 2.